The number of piperazine rings is 4. The Labute approximate surface area is 875 Å². The number of hydrogen-bond acceptors (Lipinski definition) is 17. The maximum atomic E-state index is 13.1. The van der Waals surface area contributed by atoms with Gasteiger partial charge in [-0.25, -0.2) is 17.6 Å². The van der Waals surface area contributed by atoms with Gasteiger partial charge in [-0.1, -0.05) is 173 Å². The van der Waals surface area contributed by atoms with Crippen LogP contribution in [0.4, 0.5) is 61.9 Å². The number of Topliss-reactive ketones (excluding diaryl/α,β-unsaturated/α-hetero) is 1. The van der Waals surface area contributed by atoms with E-state index < -0.39 is 85.9 Å². The van der Waals surface area contributed by atoms with Gasteiger partial charge in [-0.3, -0.25) is 53.0 Å². The van der Waals surface area contributed by atoms with Crippen molar-refractivity contribution in [3.05, 3.63) is 0 Å². The van der Waals surface area contributed by atoms with Gasteiger partial charge in [0, 0.05) is 238 Å². The van der Waals surface area contributed by atoms with Crippen molar-refractivity contribution in [2.45, 2.75) is 364 Å². The van der Waals surface area contributed by atoms with Crippen molar-refractivity contribution in [3.8, 4) is 0 Å². The molecule has 10 saturated heterocycles. The lowest BCUT2D eigenvalue weighted by atomic mass is 9.58. The molecule has 0 radical (unpaired) electrons. The molecule has 148 heavy (non-hydrogen) atoms. The van der Waals surface area contributed by atoms with Crippen molar-refractivity contribution in [1.29, 1.82) is 0 Å². The Bertz CT molecular complexity index is 4440. The summed E-state index contributed by atoms with van der Waals surface area (Å²) in [6.07, 6.45) is 1.79. The molecular formula is C107H184F13N13O14S. The molecule has 13 rings (SSSR count). The van der Waals surface area contributed by atoms with E-state index in [1.165, 1.54) is 29.6 Å². The molecule has 3 atom stereocenters. The van der Waals surface area contributed by atoms with Crippen LogP contribution in [0.15, 0.2) is 0 Å². The third kappa shape index (κ3) is 38.3. The third-order valence-electron chi connectivity index (χ3n) is 30.7. The van der Waals surface area contributed by atoms with E-state index in [0.717, 1.165) is 175 Å². The van der Waals surface area contributed by atoms with Crippen molar-refractivity contribution in [2.24, 2.45) is 70.9 Å². The minimum absolute atomic E-state index is 0.00168. The second-order valence-corrected chi connectivity index (χ2v) is 54.8. The molecule has 13 fully saturated rings. The smallest absolute Gasteiger partial charge is 0.444 e. The van der Waals surface area contributed by atoms with E-state index in [9.17, 15) is 113 Å². The van der Waals surface area contributed by atoms with Gasteiger partial charge in [-0.2, -0.15) is 57.0 Å². The number of halogens is 13. The fraction of sp³-hybridized carbons (Fsp3) is 0.907. The van der Waals surface area contributed by atoms with Crippen LogP contribution in [0.3, 0.4) is 0 Å². The van der Waals surface area contributed by atoms with Crippen LogP contribution < -0.4 is 0 Å². The second-order valence-electron chi connectivity index (χ2n) is 52.8. The summed E-state index contributed by atoms with van der Waals surface area (Å²) in [5.74, 6) is 0.0389. The highest BCUT2D eigenvalue weighted by Gasteiger charge is 2.60. The van der Waals surface area contributed by atoms with E-state index in [0.29, 0.717) is 68.3 Å². The average Bonchev–Trinajstić information content (AvgIpc) is 0.891. The Kier molecular flexibility index (Phi) is 44.5. The number of alkyl halides is 13. The quantitative estimate of drug-likeness (QED) is 0.224. The van der Waals surface area contributed by atoms with Crippen LogP contribution in [0.1, 0.15) is 316 Å². The Morgan fingerprint density at radius 2 is 0.723 bits per heavy atom. The second kappa shape index (κ2) is 50.6. The SMILES string of the molecule is CC(C)(C)C(=O)N1CCC(C(F)(F)F)C2(CCC2)C1.CC(C)(C)C(=O)N1CCC2(CC1)CC(F)C2.CC(C)(C)C(=O)N1CCC2(CCCC2=O)CC1.CC(C)(C)C(=O)N1CCC2(CCN(CCC(F)(F)F)C2)CC1.CC(C)(C)C(=O)N1CCN(CC2CCCO2)CC1.CC(C)(C)C(=O)N1CCN(S(=O)(=O)C(F)(F)F)CC1.CC(C)(C)OC(=O)N1CCN(C(=O)C(C)(C)C)CC1.CC(N1CCN(C(=O)C(C)(C)C)CC1)C(F)(F)F. The van der Waals surface area contributed by atoms with E-state index in [4.69, 9.17) is 9.47 Å². The lowest BCUT2D eigenvalue weighted by molar-refractivity contribution is -0.238. The highest BCUT2D eigenvalue weighted by Crippen LogP contribution is 2.57. The Morgan fingerprint density at radius 1 is 0.378 bits per heavy atom. The maximum Gasteiger partial charge on any atom is 0.511 e. The summed E-state index contributed by atoms with van der Waals surface area (Å²) < 4.78 is 198. The molecule has 0 aromatic heterocycles. The maximum absolute atomic E-state index is 13.1. The largest absolute Gasteiger partial charge is 0.511 e. The van der Waals surface area contributed by atoms with Crippen molar-refractivity contribution in [1.82, 2.24) is 63.1 Å². The van der Waals surface area contributed by atoms with E-state index in [1.54, 1.807) is 35.5 Å². The number of ether oxygens (including phenoxy) is 2. The standard InChI is InChI=1S/C16H27F3N2O.C14H22F3NO.C14H26N2O3.C14H26N2O2.C14H23NO2.C13H22FNO.C12H21F3N2O.C10H17F3N2O3S/c1-14(2,3)13(22)21-10-5-15(6-11-21)4-8-20(12-15)9-7-16(17,18)19;1-12(2,3)11(19)18-8-5-10(14(15,16)17)13(9-18)6-4-7-13;1-13(2,3)11(17)15-7-9-16(10-8-15)12(18)19-14(4,5)6;1-14(2,3)13(17)16-8-6-15(7-9-16)11-12-5-4-10-18-12;1-13(2,3)12(17)15-9-7-14(8-10-15)6-4-5-11(14)16;1-12(2,3)11(16)15-6-4-13(5-7-15)8-10(14)9-13;1-9(12(13,14)15)16-5-7-17(8-6-16)10(18)11(2,3)4;1-9(2,3)8(16)14-4-6-15(7-5-14)19(17,18)10(11,12)13/h4-12H2,1-3H3;10H,4-9H2,1-3H3;7-10H2,1-6H3;12H,4-11H2,1-3H3;4-10H2,1-3H3;10H,4-9H2,1-3H3;9H,5-8H2,1-4H3;4-7H2,1-3H3. The first-order chi connectivity index (χ1) is 67.1. The predicted molar refractivity (Wildman–Crippen MR) is 545 cm³/mol. The van der Waals surface area contributed by atoms with Crippen LogP contribution in [0.2, 0.25) is 0 Å². The van der Waals surface area contributed by atoms with Crippen LogP contribution in [-0.4, -0.2) is 368 Å². The Hall–Kier alpha value is -6.46. The van der Waals surface area contributed by atoms with Crippen LogP contribution in [-0.2, 0) is 62.6 Å². The molecule has 0 aromatic rings. The van der Waals surface area contributed by atoms with Crippen LogP contribution >= 0.6 is 0 Å². The molecule has 13 aliphatic rings. The lowest BCUT2D eigenvalue weighted by Gasteiger charge is -2.54. The molecule has 0 aromatic carbocycles. The van der Waals surface area contributed by atoms with Gasteiger partial charge in [0.2, 0.25) is 47.3 Å². The molecular weight excluding hydrogens is 1970 g/mol. The Balaban J connectivity index is 0.000000259. The minimum Gasteiger partial charge on any atom is -0.444 e. The summed E-state index contributed by atoms with van der Waals surface area (Å²) in [5, 5.41) is 0. The molecule has 3 unspecified atom stereocenters. The number of nitrogens with zero attached hydrogens (tertiary/aromatic N) is 13. The van der Waals surface area contributed by atoms with Gasteiger partial charge in [-0.15, -0.1) is 0 Å². The minimum atomic E-state index is -5.29. The van der Waals surface area contributed by atoms with Gasteiger partial charge < -0.3 is 58.5 Å². The molecule has 0 N–H and O–H groups in total. The first kappa shape index (κ1) is 130. The zero-order valence-corrected chi connectivity index (χ0v) is 95.4. The Morgan fingerprint density at radius 3 is 1.04 bits per heavy atom. The number of hydrogen-bond donors (Lipinski definition) is 0. The topological polar surface area (TPSA) is 265 Å². The van der Waals surface area contributed by atoms with Crippen LogP contribution in [0, 0.1) is 70.9 Å². The summed E-state index contributed by atoms with van der Waals surface area (Å²) >= 11 is 0. The lowest BCUT2D eigenvalue weighted by Crippen LogP contribution is -2.59. The molecule has 10 heterocycles. The molecule has 27 nitrogen and oxygen atoms in total. The number of ketones is 1. The zero-order chi connectivity index (χ0) is 113. The first-order valence-corrected chi connectivity index (χ1v) is 55.1. The highest BCUT2D eigenvalue weighted by atomic mass is 32.2. The predicted octanol–water partition coefficient (Wildman–Crippen LogP) is 18.7. The van der Waals surface area contributed by atoms with Crippen LogP contribution in [0.5, 0.6) is 0 Å². The zero-order valence-electron chi connectivity index (χ0n) is 94.6. The summed E-state index contributed by atoms with van der Waals surface area (Å²) in [6, 6.07) is -1.44. The number of carbonyl (C=O) groups is 10. The molecule has 10 aliphatic heterocycles. The van der Waals surface area contributed by atoms with E-state index >= 15 is 0 Å². The van der Waals surface area contributed by atoms with Gasteiger partial charge in [0.1, 0.15) is 23.6 Å². The summed E-state index contributed by atoms with van der Waals surface area (Å²) in [4.78, 5) is 142. The van der Waals surface area contributed by atoms with Gasteiger partial charge in [-0.05, 0) is 153 Å². The fourth-order valence-electron chi connectivity index (χ4n) is 21.4. The fourth-order valence-corrected chi connectivity index (χ4v) is 22.4. The van der Waals surface area contributed by atoms with Gasteiger partial charge in [0.25, 0.3) is 0 Å². The number of piperidine rings is 4. The average molecular weight is 2160 g/mol. The molecule has 9 amide bonds. The molecule has 0 bridgehead atoms. The van der Waals surface area contributed by atoms with Gasteiger partial charge in [0.05, 0.1) is 18.4 Å². The van der Waals surface area contributed by atoms with Crippen molar-refractivity contribution in [3.63, 3.8) is 0 Å². The van der Waals surface area contributed by atoms with Crippen LogP contribution in [0.25, 0.3) is 0 Å². The summed E-state index contributed by atoms with van der Waals surface area (Å²) in [5.41, 5.74) is -9.35. The van der Waals surface area contributed by atoms with E-state index in [2.05, 4.69) is 4.90 Å². The van der Waals surface area contributed by atoms with Gasteiger partial charge in [0.15, 0.2) is 0 Å². The van der Waals surface area contributed by atoms with Crippen molar-refractivity contribution in [2.75, 3.05) is 190 Å². The number of amides is 9. The summed E-state index contributed by atoms with van der Waals surface area (Å²) in [7, 11) is -5.29. The normalized spacial score (nSPS) is 23.1. The van der Waals surface area contributed by atoms with E-state index in [1.807, 2.05) is 196 Å². The van der Waals surface area contributed by atoms with Gasteiger partial charge >= 0.3 is 40.2 Å². The van der Waals surface area contributed by atoms with Crippen molar-refractivity contribution >= 4 is 69.2 Å². The molecule has 3 aliphatic carbocycles. The first-order valence-electron chi connectivity index (χ1n) is 53.7. The molecule has 3 saturated carbocycles. The number of sulfonamides is 1. The van der Waals surface area contributed by atoms with Crippen molar-refractivity contribution < 1.29 is 123 Å². The molecule has 858 valence electrons. The molecule has 4 spiro atoms. The third-order valence-corrected chi connectivity index (χ3v) is 32.3. The number of rotatable bonds is 6. The monoisotopic (exact) mass is 2150 g/mol. The number of likely N-dealkylation sites (tertiary alicyclic amines) is 5. The summed E-state index contributed by atoms with van der Waals surface area (Å²) in [6.45, 7) is 67.3. The molecule has 41 heteroatoms. The van der Waals surface area contributed by atoms with E-state index in [-0.39, 0.29) is 162 Å². The number of carbonyl (C=O) groups excluding carboxylic acids is 10. The highest BCUT2D eigenvalue weighted by molar-refractivity contribution is 7.90.